The molecule has 0 bridgehead atoms. The molecule has 5 nitrogen and oxygen atoms in total. The molecule has 2 aliphatic heterocycles. The third-order valence-corrected chi connectivity index (χ3v) is 4.67. The van der Waals surface area contributed by atoms with Gasteiger partial charge in [-0.3, -0.25) is 9.59 Å². The van der Waals surface area contributed by atoms with Crippen molar-refractivity contribution in [3.63, 3.8) is 0 Å². The topological polar surface area (TPSA) is 61.4 Å². The van der Waals surface area contributed by atoms with E-state index in [4.69, 9.17) is 0 Å². The van der Waals surface area contributed by atoms with Crippen LogP contribution < -0.4 is 15.5 Å². The van der Waals surface area contributed by atoms with Crippen molar-refractivity contribution in [3.8, 4) is 0 Å². The van der Waals surface area contributed by atoms with Gasteiger partial charge >= 0.3 is 0 Å². The molecule has 25 heavy (non-hydrogen) atoms. The molecule has 2 aliphatic rings. The fraction of sp³-hybridized carbons (Fsp3) is 0.529. The van der Waals surface area contributed by atoms with E-state index >= 15 is 0 Å². The maximum absolute atomic E-state index is 13.9. The van der Waals surface area contributed by atoms with Crippen LogP contribution in [0.4, 0.5) is 14.5 Å². The van der Waals surface area contributed by atoms with Gasteiger partial charge in [-0.1, -0.05) is 0 Å². The van der Waals surface area contributed by atoms with E-state index in [1.807, 2.05) is 0 Å². The quantitative estimate of drug-likeness (QED) is 0.852. The Balaban J connectivity index is 0.00000225. The molecule has 1 aromatic carbocycles. The van der Waals surface area contributed by atoms with E-state index in [1.54, 1.807) is 0 Å². The van der Waals surface area contributed by atoms with E-state index in [0.717, 1.165) is 31.5 Å². The zero-order valence-electron chi connectivity index (χ0n) is 13.9. The third kappa shape index (κ3) is 4.46. The zero-order valence-corrected chi connectivity index (χ0v) is 14.7. The SMILES string of the molecule is CC1CC(NC(=O)C2CC(=O)N(c3ccc(F)cc3F)C2)CCN1.Cl. The first-order chi connectivity index (χ1) is 11.4. The van der Waals surface area contributed by atoms with Gasteiger partial charge in [0.25, 0.3) is 0 Å². The number of carbonyl (C=O) groups excluding carboxylic acids is 2. The molecule has 2 fully saturated rings. The lowest BCUT2D eigenvalue weighted by Crippen LogP contribution is -2.48. The second-order valence-corrected chi connectivity index (χ2v) is 6.59. The number of nitrogens with one attached hydrogen (secondary N) is 2. The van der Waals surface area contributed by atoms with Gasteiger partial charge in [-0.05, 0) is 38.4 Å². The number of hydrogen-bond donors (Lipinski definition) is 2. The highest BCUT2D eigenvalue weighted by molar-refractivity contribution is 6.00. The number of piperidine rings is 1. The highest BCUT2D eigenvalue weighted by Gasteiger charge is 2.37. The molecule has 2 saturated heterocycles. The number of hydrogen-bond acceptors (Lipinski definition) is 3. The Kier molecular flexibility index (Phi) is 6.35. The summed E-state index contributed by atoms with van der Waals surface area (Å²) in [5, 5.41) is 6.31. The lowest BCUT2D eigenvalue weighted by molar-refractivity contribution is -0.127. The number of benzene rings is 1. The minimum absolute atomic E-state index is 0. The Hall–Kier alpha value is -1.73. The molecule has 2 heterocycles. The molecule has 1 aromatic rings. The van der Waals surface area contributed by atoms with Gasteiger partial charge in [-0.15, -0.1) is 12.4 Å². The van der Waals surface area contributed by atoms with Crippen LogP contribution in [-0.4, -0.2) is 37.0 Å². The Bertz CT molecular complexity index is 659. The molecular weight excluding hydrogens is 352 g/mol. The third-order valence-electron chi connectivity index (χ3n) is 4.67. The summed E-state index contributed by atoms with van der Waals surface area (Å²) in [5.41, 5.74) is 0.0205. The van der Waals surface area contributed by atoms with Gasteiger partial charge in [0.1, 0.15) is 11.6 Å². The Morgan fingerprint density at radius 2 is 2.12 bits per heavy atom. The van der Waals surface area contributed by atoms with Crippen LogP contribution in [0.1, 0.15) is 26.2 Å². The summed E-state index contributed by atoms with van der Waals surface area (Å²) in [6, 6.07) is 3.53. The number of rotatable bonds is 3. The largest absolute Gasteiger partial charge is 0.353 e. The second kappa shape index (κ2) is 8.10. The van der Waals surface area contributed by atoms with E-state index in [-0.39, 0.29) is 48.9 Å². The minimum atomic E-state index is -0.795. The summed E-state index contributed by atoms with van der Waals surface area (Å²) >= 11 is 0. The number of amides is 2. The molecule has 2 N–H and O–H groups in total. The van der Waals surface area contributed by atoms with Crippen LogP contribution in [0.5, 0.6) is 0 Å². The molecule has 0 aromatic heterocycles. The molecule has 138 valence electrons. The van der Waals surface area contributed by atoms with Crippen LogP contribution in [-0.2, 0) is 9.59 Å². The minimum Gasteiger partial charge on any atom is -0.353 e. The van der Waals surface area contributed by atoms with Crippen LogP contribution in [0.3, 0.4) is 0 Å². The van der Waals surface area contributed by atoms with Crippen LogP contribution in [0, 0.1) is 17.6 Å². The van der Waals surface area contributed by atoms with E-state index in [1.165, 1.54) is 11.0 Å². The van der Waals surface area contributed by atoms with Gasteiger partial charge in [0.15, 0.2) is 0 Å². The standard InChI is InChI=1S/C17H21F2N3O2.ClH/c1-10-6-13(4-5-20-10)21-17(24)11-7-16(23)22(9-11)15-3-2-12(18)8-14(15)19;/h2-3,8,10-11,13,20H,4-7,9H2,1H3,(H,21,24);1H. The molecule has 0 aliphatic carbocycles. The normalized spacial score (nSPS) is 26.3. The Labute approximate surface area is 151 Å². The molecule has 2 amide bonds. The molecule has 0 radical (unpaired) electrons. The number of nitrogens with zero attached hydrogens (tertiary/aromatic N) is 1. The van der Waals surface area contributed by atoms with E-state index in [2.05, 4.69) is 17.6 Å². The monoisotopic (exact) mass is 373 g/mol. The van der Waals surface area contributed by atoms with Crippen molar-refractivity contribution in [2.45, 2.75) is 38.3 Å². The second-order valence-electron chi connectivity index (χ2n) is 6.59. The zero-order chi connectivity index (χ0) is 17.3. The fourth-order valence-corrected chi connectivity index (χ4v) is 3.40. The number of carbonyl (C=O) groups is 2. The van der Waals surface area contributed by atoms with Crippen molar-refractivity contribution >= 4 is 29.9 Å². The van der Waals surface area contributed by atoms with E-state index in [0.29, 0.717) is 6.04 Å². The van der Waals surface area contributed by atoms with E-state index < -0.39 is 17.6 Å². The summed E-state index contributed by atoms with van der Waals surface area (Å²) in [7, 11) is 0. The highest BCUT2D eigenvalue weighted by atomic mass is 35.5. The predicted octanol–water partition coefficient (Wildman–Crippen LogP) is 2.00. The Morgan fingerprint density at radius 1 is 1.36 bits per heavy atom. The van der Waals surface area contributed by atoms with Crippen molar-refractivity contribution in [1.82, 2.24) is 10.6 Å². The van der Waals surface area contributed by atoms with Gasteiger partial charge in [-0.25, -0.2) is 8.78 Å². The molecule has 0 spiro atoms. The molecule has 3 atom stereocenters. The molecular formula is C17H22ClF2N3O2. The maximum atomic E-state index is 13.9. The van der Waals surface area contributed by atoms with Crippen LogP contribution in [0.2, 0.25) is 0 Å². The fourth-order valence-electron chi connectivity index (χ4n) is 3.40. The van der Waals surface area contributed by atoms with Crippen molar-refractivity contribution in [3.05, 3.63) is 29.8 Å². The molecule has 3 rings (SSSR count). The summed E-state index contributed by atoms with van der Waals surface area (Å²) in [6.07, 6.45) is 1.75. The first kappa shape index (κ1) is 19.6. The van der Waals surface area contributed by atoms with Crippen molar-refractivity contribution < 1.29 is 18.4 Å². The summed E-state index contributed by atoms with van der Waals surface area (Å²) in [6.45, 7) is 3.03. The summed E-state index contributed by atoms with van der Waals surface area (Å²) in [5.74, 6) is -2.49. The van der Waals surface area contributed by atoms with Gasteiger partial charge in [0, 0.05) is 31.1 Å². The van der Waals surface area contributed by atoms with Gasteiger partial charge in [0.05, 0.1) is 11.6 Å². The van der Waals surface area contributed by atoms with Crippen molar-refractivity contribution in [2.24, 2.45) is 5.92 Å². The number of anilines is 1. The Morgan fingerprint density at radius 3 is 2.80 bits per heavy atom. The van der Waals surface area contributed by atoms with Crippen molar-refractivity contribution in [2.75, 3.05) is 18.0 Å². The van der Waals surface area contributed by atoms with Crippen LogP contribution in [0.25, 0.3) is 0 Å². The van der Waals surface area contributed by atoms with Crippen molar-refractivity contribution in [1.29, 1.82) is 0 Å². The van der Waals surface area contributed by atoms with Gasteiger partial charge in [-0.2, -0.15) is 0 Å². The first-order valence-electron chi connectivity index (χ1n) is 8.23. The lowest BCUT2D eigenvalue weighted by Gasteiger charge is -2.29. The smallest absolute Gasteiger partial charge is 0.227 e. The highest BCUT2D eigenvalue weighted by Crippen LogP contribution is 2.28. The number of halogens is 3. The maximum Gasteiger partial charge on any atom is 0.227 e. The summed E-state index contributed by atoms with van der Waals surface area (Å²) < 4.78 is 26.9. The average molecular weight is 374 g/mol. The van der Waals surface area contributed by atoms with Crippen LogP contribution >= 0.6 is 12.4 Å². The van der Waals surface area contributed by atoms with E-state index in [9.17, 15) is 18.4 Å². The lowest BCUT2D eigenvalue weighted by atomic mass is 9.99. The van der Waals surface area contributed by atoms with Gasteiger partial charge in [0.2, 0.25) is 11.8 Å². The molecule has 8 heteroatoms. The van der Waals surface area contributed by atoms with Gasteiger partial charge < -0.3 is 15.5 Å². The predicted molar refractivity (Wildman–Crippen MR) is 92.7 cm³/mol. The average Bonchev–Trinajstić information content (AvgIpc) is 2.89. The van der Waals surface area contributed by atoms with Crippen LogP contribution in [0.15, 0.2) is 18.2 Å². The molecule has 0 saturated carbocycles. The summed E-state index contributed by atoms with van der Waals surface area (Å²) in [4.78, 5) is 25.8. The first-order valence-corrected chi connectivity index (χ1v) is 8.23. The molecule has 3 unspecified atom stereocenters.